The van der Waals surface area contributed by atoms with Gasteiger partial charge in [0.1, 0.15) is 23.2 Å². The number of para-hydroxylation sites is 1. The highest BCUT2D eigenvalue weighted by Gasteiger charge is 2.15. The van der Waals surface area contributed by atoms with Crippen molar-refractivity contribution >= 4 is 17.4 Å². The molecule has 3 rings (SSSR count). The number of aliphatic hydroxyl groups excluding tert-OH is 1. The van der Waals surface area contributed by atoms with Crippen molar-refractivity contribution in [3.63, 3.8) is 0 Å². The van der Waals surface area contributed by atoms with Crippen LogP contribution in [0.4, 0.5) is 11.5 Å². The molecule has 0 aliphatic heterocycles. The SMILES string of the molecule is N#Cc1c(-c2cccc(NC(=O)CNCCCO)c2)cc(-c2ccccc2O)nc1N. The average molecular weight is 417 g/mol. The van der Waals surface area contributed by atoms with Crippen LogP contribution in [0.25, 0.3) is 22.4 Å². The maximum atomic E-state index is 12.1. The molecule has 0 aliphatic carbocycles. The fraction of sp³-hybridized carbons (Fsp3) is 0.174. The lowest BCUT2D eigenvalue weighted by Crippen LogP contribution is -2.29. The van der Waals surface area contributed by atoms with Gasteiger partial charge in [0.2, 0.25) is 5.91 Å². The van der Waals surface area contributed by atoms with Gasteiger partial charge in [0.05, 0.1) is 12.2 Å². The lowest BCUT2D eigenvalue weighted by molar-refractivity contribution is -0.115. The van der Waals surface area contributed by atoms with E-state index in [2.05, 4.69) is 21.7 Å². The van der Waals surface area contributed by atoms with Crippen LogP contribution in [0.2, 0.25) is 0 Å². The molecule has 0 atom stereocenters. The number of nitriles is 1. The first kappa shape index (κ1) is 21.8. The van der Waals surface area contributed by atoms with Crippen LogP contribution in [0, 0.1) is 11.3 Å². The molecule has 0 fully saturated rings. The molecule has 1 aromatic heterocycles. The molecule has 0 spiro atoms. The summed E-state index contributed by atoms with van der Waals surface area (Å²) < 4.78 is 0. The maximum Gasteiger partial charge on any atom is 0.238 e. The molecule has 8 nitrogen and oxygen atoms in total. The summed E-state index contributed by atoms with van der Waals surface area (Å²) in [6, 6.07) is 17.6. The number of nitrogens with one attached hydrogen (secondary N) is 2. The Balaban J connectivity index is 1.92. The fourth-order valence-electron chi connectivity index (χ4n) is 3.11. The van der Waals surface area contributed by atoms with Gasteiger partial charge in [0.15, 0.2) is 0 Å². The van der Waals surface area contributed by atoms with E-state index in [0.717, 1.165) is 0 Å². The van der Waals surface area contributed by atoms with E-state index >= 15 is 0 Å². The minimum absolute atomic E-state index is 0.0553. The van der Waals surface area contributed by atoms with E-state index in [1.807, 2.05) is 0 Å². The summed E-state index contributed by atoms with van der Waals surface area (Å²) in [4.78, 5) is 16.4. The second kappa shape index (κ2) is 10.2. The number of amides is 1. The van der Waals surface area contributed by atoms with E-state index in [1.165, 1.54) is 0 Å². The third-order valence-corrected chi connectivity index (χ3v) is 4.59. The quantitative estimate of drug-likeness (QED) is 0.354. The number of carbonyl (C=O) groups excluding carboxylic acids is 1. The summed E-state index contributed by atoms with van der Waals surface area (Å²) >= 11 is 0. The third kappa shape index (κ3) is 5.36. The van der Waals surface area contributed by atoms with Gasteiger partial charge in [-0.25, -0.2) is 4.98 Å². The number of anilines is 2. The summed E-state index contributed by atoms with van der Waals surface area (Å²) in [5, 5.41) is 34.3. The Morgan fingerprint density at radius 3 is 2.68 bits per heavy atom. The molecule has 2 aromatic carbocycles. The highest BCUT2D eigenvalue weighted by Crippen LogP contribution is 2.35. The van der Waals surface area contributed by atoms with Crippen LogP contribution in [0.1, 0.15) is 12.0 Å². The topological polar surface area (TPSA) is 144 Å². The molecule has 0 bridgehead atoms. The van der Waals surface area contributed by atoms with E-state index < -0.39 is 0 Å². The predicted octanol–water partition coefficient (Wildman–Crippen LogP) is 2.49. The molecule has 1 amide bonds. The monoisotopic (exact) mass is 417 g/mol. The first-order chi connectivity index (χ1) is 15.0. The smallest absolute Gasteiger partial charge is 0.238 e. The molecule has 6 N–H and O–H groups in total. The summed E-state index contributed by atoms with van der Waals surface area (Å²) in [7, 11) is 0. The molecule has 0 aliphatic rings. The molecule has 0 saturated carbocycles. The second-order valence-corrected chi connectivity index (χ2v) is 6.83. The summed E-state index contributed by atoms with van der Waals surface area (Å²) in [5.74, 6) is -0.111. The minimum Gasteiger partial charge on any atom is -0.507 e. The Morgan fingerprint density at radius 2 is 1.94 bits per heavy atom. The maximum absolute atomic E-state index is 12.1. The number of aliphatic hydroxyl groups is 1. The zero-order chi connectivity index (χ0) is 22.2. The van der Waals surface area contributed by atoms with Crippen LogP contribution in [-0.4, -0.2) is 40.8 Å². The number of nitrogens with two attached hydrogens (primary N) is 1. The van der Waals surface area contributed by atoms with Gasteiger partial charge < -0.3 is 26.6 Å². The van der Waals surface area contributed by atoms with Gasteiger partial charge in [-0.05, 0) is 48.9 Å². The lowest BCUT2D eigenvalue weighted by Gasteiger charge is -2.12. The number of nitrogen functional groups attached to an aromatic ring is 1. The van der Waals surface area contributed by atoms with Gasteiger partial charge in [0.25, 0.3) is 0 Å². The molecule has 158 valence electrons. The Hall–Kier alpha value is -3.93. The van der Waals surface area contributed by atoms with Crippen LogP contribution in [0.5, 0.6) is 5.75 Å². The third-order valence-electron chi connectivity index (χ3n) is 4.59. The van der Waals surface area contributed by atoms with Crippen LogP contribution in [-0.2, 0) is 4.79 Å². The molecule has 0 saturated heterocycles. The van der Waals surface area contributed by atoms with E-state index in [0.29, 0.717) is 41.0 Å². The van der Waals surface area contributed by atoms with E-state index in [-0.39, 0.29) is 36.2 Å². The number of aromatic hydroxyl groups is 1. The number of hydrogen-bond acceptors (Lipinski definition) is 7. The second-order valence-electron chi connectivity index (χ2n) is 6.83. The van der Waals surface area contributed by atoms with Gasteiger partial charge in [0, 0.05) is 23.4 Å². The van der Waals surface area contributed by atoms with Crippen LogP contribution in [0.3, 0.4) is 0 Å². The molecule has 8 heteroatoms. The molecule has 3 aromatic rings. The zero-order valence-corrected chi connectivity index (χ0v) is 16.8. The lowest BCUT2D eigenvalue weighted by atomic mass is 9.98. The van der Waals surface area contributed by atoms with Crippen LogP contribution < -0.4 is 16.4 Å². The standard InChI is InChI=1S/C23H23N5O3/c24-13-19-18(12-20(28-23(19)25)17-7-1-2-8-21(17)30)15-5-3-6-16(11-15)27-22(31)14-26-9-4-10-29/h1-3,5-8,11-12,26,29-30H,4,9-10,14H2,(H2,25,28)(H,27,31). The number of nitrogens with zero attached hydrogens (tertiary/aromatic N) is 2. The van der Waals surface area contributed by atoms with E-state index in [1.54, 1.807) is 54.6 Å². The van der Waals surface area contributed by atoms with E-state index in [9.17, 15) is 15.2 Å². The fourth-order valence-corrected chi connectivity index (χ4v) is 3.11. The highest BCUT2D eigenvalue weighted by atomic mass is 16.3. The number of phenols is 1. The van der Waals surface area contributed by atoms with Gasteiger partial charge in [-0.15, -0.1) is 0 Å². The van der Waals surface area contributed by atoms with E-state index in [4.69, 9.17) is 10.8 Å². The van der Waals surface area contributed by atoms with Crippen LogP contribution >= 0.6 is 0 Å². The summed E-state index contributed by atoms with van der Waals surface area (Å²) in [6.45, 7) is 0.726. The van der Waals surface area contributed by atoms with Crippen molar-refractivity contribution in [1.29, 1.82) is 5.26 Å². The van der Waals surface area contributed by atoms with Crippen molar-refractivity contribution in [2.24, 2.45) is 0 Å². The van der Waals surface area contributed by atoms with Crippen LogP contribution in [0.15, 0.2) is 54.6 Å². The number of aromatic nitrogens is 1. The van der Waals surface area contributed by atoms with Gasteiger partial charge in [-0.1, -0.05) is 24.3 Å². The number of benzene rings is 2. The molecule has 0 unspecified atom stereocenters. The Bertz CT molecular complexity index is 1120. The number of hydrogen-bond donors (Lipinski definition) is 5. The Morgan fingerprint density at radius 1 is 1.13 bits per heavy atom. The molecular formula is C23H23N5O3. The predicted molar refractivity (Wildman–Crippen MR) is 119 cm³/mol. The van der Waals surface area contributed by atoms with Crippen molar-refractivity contribution in [3.05, 3.63) is 60.2 Å². The molecule has 0 radical (unpaired) electrons. The Labute approximate surface area is 180 Å². The van der Waals surface area contributed by atoms with Gasteiger partial charge in [-0.3, -0.25) is 4.79 Å². The molecule has 1 heterocycles. The van der Waals surface area contributed by atoms with Crippen molar-refractivity contribution in [1.82, 2.24) is 10.3 Å². The van der Waals surface area contributed by atoms with Gasteiger partial charge >= 0.3 is 0 Å². The molecule has 31 heavy (non-hydrogen) atoms. The summed E-state index contributed by atoms with van der Waals surface area (Å²) in [6.07, 6.45) is 0.572. The van der Waals surface area contributed by atoms with Crippen molar-refractivity contribution in [3.8, 4) is 34.2 Å². The highest BCUT2D eigenvalue weighted by molar-refractivity contribution is 5.93. The number of pyridine rings is 1. The van der Waals surface area contributed by atoms with Gasteiger partial charge in [-0.2, -0.15) is 5.26 Å². The zero-order valence-electron chi connectivity index (χ0n) is 16.8. The number of carbonyl (C=O) groups is 1. The largest absolute Gasteiger partial charge is 0.507 e. The Kier molecular flexibility index (Phi) is 7.17. The normalized spacial score (nSPS) is 10.5. The number of phenolic OH excluding ortho intramolecular Hbond substituents is 1. The van der Waals surface area contributed by atoms with Crippen molar-refractivity contribution in [2.75, 3.05) is 30.7 Å². The first-order valence-electron chi connectivity index (χ1n) is 9.74. The summed E-state index contributed by atoms with van der Waals surface area (Å²) in [5.41, 5.74) is 8.98. The molecular weight excluding hydrogens is 394 g/mol. The first-order valence-corrected chi connectivity index (χ1v) is 9.74. The minimum atomic E-state index is -0.222. The van der Waals surface area contributed by atoms with Crippen molar-refractivity contribution in [2.45, 2.75) is 6.42 Å². The van der Waals surface area contributed by atoms with Crippen molar-refractivity contribution < 1.29 is 15.0 Å². The number of rotatable bonds is 8. The average Bonchev–Trinajstić information content (AvgIpc) is 2.76.